The average molecular weight is 313 g/mol. The zero-order valence-electron chi connectivity index (χ0n) is 7.34. The predicted molar refractivity (Wildman–Crippen MR) is 33.2 cm³/mol. The van der Waals surface area contributed by atoms with Crippen molar-refractivity contribution in [2.24, 2.45) is 0 Å². The van der Waals surface area contributed by atoms with E-state index in [2.05, 4.69) is 6.64 Å². The quantitative estimate of drug-likeness (QED) is 0.411. The molecule has 11 heteroatoms. The SMILES string of the molecule is O=C(O)C(=O)[O][Ti].O=C(O)C(=O)[O][Ti][K]. The van der Waals surface area contributed by atoms with Crippen molar-refractivity contribution in [2.45, 2.75) is 0 Å². The minimum atomic E-state index is -1.57. The Bertz CT molecular complexity index is 265. The number of carboxylic acid groups (broad SMARTS) is 2. The molecule has 0 rings (SSSR count). The molecule has 0 fully saturated rings. The third-order valence-corrected chi connectivity index (χ3v) is 2.85. The molecule has 0 aliphatic rings. The monoisotopic (exact) mass is 313 g/mol. The van der Waals surface area contributed by atoms with Crippen molar-refractivity contribution in [2.75, 3.05) is 0 Å². The molecule has 0 bridgehead atoms. The molecule has 0 aromatic rings. The summed E-state index contributed by atoms with van der Waals surface area (Å²) < 4.78 is 8.05. The van der Waals surface area contributed by atoms with Gasteiger partial charge in [0.25, 0.3) is 0 Å². The van der Waals surface area contributed by atoms with Crippen LogP contribution in [0.2, 0.25) is 0 Å². The van der Waals surface area contributed by atoms with Crippen molar-refractivity contribution >= 4 is 67.5 Å². The molecule has 0 aromatic heterocycles. The van der Waals surface area contributed by atoms with Gasteiger partial charge in [0.1, 0.15) is 0 Å². The first-order valence-electron chi connectivity index (χ1n) is 3.08. The van der Waals surface area contributed by atoms with Crippen LogP contribution in [0.5, 0.6) is 0 Å². The van der Waals surface area contributed by atoms with Gasteiger partial charge >= 0.3 is 133 Å². The molecule has 8 nitrogen and oxygen atoms in total. The van der Waals surface area contributed by atoms with E-state index in [0.717, 1.165) is 20.8 Å². The van der Waals surface area contributed by atoms with Gasteiger partial charge in [0.05, 0.1) is 0 Å². The third kappa shape index (κ3) is 12.9. The molecule has 15 heavy (non-hydrogen) atoms. The molecule has 0 spiro atoms. The van der Waals surface area contributed by atoms with Gasteiger partial charge in [-0.25, -0.2) is 0 Å². The molecule has 0 unspecified atom stereocenters. The van der Waals surface area contributed by atoms with Gasteiger partial charge in [-0.15, -0.1) is 0 Å². The normalized spacial score (nSPS) is 7.53. The molecule has 2 N–H and O–H groups in total. The second-order valence-electron chi connectivity index (χ2n) is 1.59. The Balaban J connectivity index is 0. The molecule has 0 aliphatic carbocycles. The van der Waals surface area contributed by atoms with Crippen LogP contribution in [0, 0.1) is 0 Å². The van der Waals surface area contributed by atoms with Crippen LogP contribution in [-0.4, -0.2) is 77.7 Å². The zero-order valence-corrected chi connectivity index (χ0v) is 13.6. The van der Waals surface area contributed by atoms with E-state index in [1.807, 2.05) is 0 Å². The summed E-state index contributed by atoms with van der Waals surface area (Å²) in [5.41, 5.74) is 0. The summed E-state index contributed by atoms with van der Waals surface area (Å²) in [5, 5.41) is 15.6. The first kappa shape index (κ1) is 18.3. The van der Waals surface area contributed by atoms with Gasteiger partial charge < -0.3 is 0 Å². The number of carbonyl (C=O) groups excluding carboxylic acids is 2. The van der Waals surface area contributed by atoms with Crippen molar-refractivity contribution in [3.63, 3.8) is 0 Å². The van der Waals surface area contributed by atoms with Gasteiger partial charge in [-0.2, -0.15) is 0 Å². The molecule has 0 saturated carbocycles. The fourth-order valence-corrected chi connectivity index (χ4v) is 1.94. The molecule has 75 valence electrons. The van der Waals surface area contributed by atoms with Gasteiger partial charge in [-0.05, 0) is 0 Å². The van der Waals surface area contributed by atoms with Crippen molar-refractivity contribution in [3.05, 3.63) is 0 Å². The molecule has 0 atom stereocenters. The van der Waals surface area contributed by atoms with E-state index in [4.69, 9.17) is 10.2 Å². The van der Waals surface area contributed by atoms with E-state index in [1.54, 1.807) is 0 Å². The van der Waals surface area contributed by atoms with E-state index in [0.29, 0.717) is 43.6 Å². The molecular weight excluding hydrogens is 311 g/mol. The molecule has 0 aromatic carbocycles. The molecule has 0 amide bonds. The Morgan fingerprint density at radius 2 is 1.47 bits per heavy atom. The van der Waals surface area contributed by atoms with Crippen molar-refractivity contribution in [1.29, 1.82) is 0 Å². The number of rotatable bonds is 1. The maximum atomic E-state index is 9.98. The molecule has 0 saturated heterocycles. The second-order valence-corrected chi connectivity index (χ2v) is 5.50. The van der Waals surface area contributed by atoms with E-state index in [1.165, 1.54) is 0 Å². The summed E-state index contributed by atoms with van der Waals surface area (Å²) in [6, 6.07) is 0. The van der Waals surface area contributed by atoms with E-state index in [9.17, 15) is 19.2 Å². The van der Waals surface area contributed by atoms with E-state index in [-0.39, 0.29) is 0 Å². The van der Waals surface area contributed by atoms with Gasteiger partial charge in [-0.1, -0.05) is 0 Å². The Labute approximate surface area is 130 Å². The summed E-state index contributed by atoms with van der Waals surface area (Å²) in [5.74, 6) is -5.39. The average Bonchev–Trinajstić information content (AvgIpc) is 2.17. The van der Waals surface area contributed by atoms with Crippen LogP contribution in [0.15, 0.2) is 0 Å². The summed E-state index contributed by atoms with van der Waals surface area (Å²) in [6.45, 7) is 0. The van der Waals surface area contributed by atoms with Crippen LogP contribution in [0.25, 0.3) is 0 Å². The Morgan fingerprint density at radius 3 is 1.53 bits per heavy atom. The summed E-state index contributed by atoms with van der Waals surface area (Å²) in [4.78, 5) is 38.8. The van der Waals surface area contributed by atoms with Crippen LogP contribution < -0.4 is 0 Å². The fraction of sp³-hybridized carbons (Fsp3) is 0. The van der Waals surface area contributed by atoms with Crippen LogP contribution in [0.1, 0.15) is 0 Å². The van der Waals surface area contributed by atoms with Crippen LogP contribution in [0.4, 0.5) is 0 Å². The first-order chi connectivity index (χ1) is 6.86. The van der Waals surface area contributed by atoms with Crippen LogP contribution in [0.3, 0.4) is 0 Å². The zero-order chi connectivity index (χ0) is 12.4. The molecule has 0 radical (unpaired) electrons. The van der Waals surface area contributed by atoms with Gasteiger partial charge in [-0.3, -0.25) is 0 Å². The Kier molecular flexibility index (Phi) is 14.0. The van der Waals surface area contributed by atoms with Crippen LogP contribution >= 0.6 is 0 Å². The number of carbonyl (C=O) groups is 4. The molecular formula is C4H2KO8Ti2. The molecule has 0 aliphatic heterocycles. The van der Waals surface area contributed by atoms with Gasteiger partial charge in [0.2, 0.25) is 0 Å². The Morgan fingerprint density at radius 1 is 1.07 bits per heavy atom. The summed E-state index contributed by atoms with van der Waals surface area (Å²) in [6.07, 6.45) is 0. The first-order valence-corrected chi connectivity index (χ1v) is 12.4. The molecule has 0 heterocycles. The van der Waals surface area contributed by atoms with Crippen molar-refractivity contribution < 1.29 is 65.7 Å². The number of carboxylic acids is 2. The van der Waals surface area contributed by atoms with Crippen molar-refractivity contribution in [1.82, 2.24) is 0 Å². The summed E-state index contributed by atoms with van der Waals surface area (Å²) >= 11 is 1.51. The number of hydrogen-bond donors (Lipinski definition) is 2. The Hall–Kier alpha value is 0.945. The number of aliphatic carboxylic acids is 2. The fourth-order valence-electron chi connectivity index (χ4n) is 0.180. The number of hydrogen-bond acceptors (Lipinski definition) is 6. The van der Waals surface area contributed by atoms with Gasteiger partial charge in [0.15, 0.2) is 0 Å². The van der Waals surface area contributed by atoms with Crippen molar-refractivity contribution in [3.8, 4) is 0 Å². The topological polar surface area (TPSA) is 127 Å². The standard InChI is InChI=1S/2C2H2O4.K.2Ti/c2*3-1(4)2(5)6;;;/h2*(H,3,4)(H,5,6);;;/q;;;2*+1/p-2. The van der Waals surface area contributed by atoms with Crippen LogP contribution in [-0.2, 0) is 55.5 Å². The van der Waals surface area contributed by atoms with E-state index >= 15 is 0 Å². The van der Waals surface area contributed by atoms with Gasteiger partial charge in [0, 0.05) is 0 Å². The second kappa shape index (κ2) is 11.4. The summed E-state index contributed by atoms with van der Waals surface area (Å²) in [7, 11) is -0.618. The minimum absolute atomic E-state index is 0.498. The van der Waals surface area contributed by atoms with E-state index < -0.39 is 32.7 Å². The maximum absolute atomic E-state index is 9.98. The third-order valence-electron chi connectivity index (χ3n) is 0.637. The predicted octanol–water partition coefficient (Wildman–Crippen LogP) is -2.23.